The second kappa shape index (κ2) is 6.26. The first kappa shape index (κ1) is 12.7. The van der Waals surface area contributed by atoms with E-state index in [0.717, 1.165) is 24.5 Å². The Kier molecular flexibility index (Phi) is 5.29. The smallest absolute Gasteiger partial charge is 0.315 e. The molecule has 1 aliphatic carbocycles. The van der Waals surface area contributed by atoms with Gasteiger partial charge in [-0.05, 0) is 51.2 Å². The number of thiol groups is 1. The molecular weight excluding hydrogens is 208 g/mol. The van der Waals surface area contributed by atoms with Gasteiger partial charge in [-0.15, -0.1) is 0 Å². The van der Waals surface area contributed by atoms with E-state index < -0.39 is 0 Å². The molecule has 0 spiro atoms. The van der Waals surface area contributed by atoms with Crippen LogP contribution in [0.2, 0.25) is 0 Å². The van der Waals surface area contributed by atoms with Crippen LogP contribution in [0.5, 0.6) is 0 Å². The van der Waals surface area contributed by atoms with Crippen molar-refractivity contribution in [3.8, 4) is 0 Å². The number of amides is 2. The van der Waals surface area contributed by atoms with Crippen molar-refractivity contribution in [2.24, 2.45) is 5.92 Å². The molecule has 1 rings (SSSR count). The van der Waals surface area contributed by atoms with Crippen LogP contribution in [-0.2, 0) is 0 Å². The van der Waals surface area contributed by atoms with Gasteiger partial charge in [-0.2, -0.15) is 12.6 Å². The maximum Gasteiger partial charge on any atom is 0.315 e. The minimum atomic E-state index is -0.0284. The van der Waals surface area contributed by atoms with Gasteiger partial charge in [-0.1, -0.05) is 0 Å². The number of carbonyl (C=O) groups excluding carboxylic acids is 1. The fourth-order valence-corrected chi connectivity index (χ4v) is 2.34. The molecule has 0 unspecified atom stereocenters. The van der Waals surface area contributed by atoms with E-state index in [2.05, 4.69) is 23.3 Å². The number of rotatable bonds is 3. The second-order valence-electron chi connectivity index (χ2n) is 4.67. The number of carbonyl (C=O) groups is 1. The highest BCUT2D eigenvalue weighted by atomic mass is 32.1. The maximum atomic E-state index is 11.4. The molecule has 1 aliphatic rings. The molecule has 0 aliphatic heterocycles. The van der Waals surface area contributed by atoms with Crippen LogP contribution < -0.4 is 10.6 Å². The van der Waals surface area contributed by atoms with E-state index in [1.807, 2.05) is 13.8 Å². The number of hydrogen-bond acceptors (Lipinski definition) is 2. The van der Waals surface area contributed by atoms with Gasteiger partial charge in [0.15, 0.2) is 0 Å². The monoisotopic (exact) mass is 230 g/mol. The fraction of sp³-hybridized carbons (Fsp3) is 0.909. The van der Waals surface area contributed by atoms with Crippen LogP contribution in [-0.4, -0.2) is 23.9 Å². The lowest BCUT2D eigenvalue weighted by molar-refractivity contribution is 0.226. The lowest BCUT2D eigenvalue weighted by Crippen LogP contribution is -2.45. The van der Waals surface area contributed by atoms with E-state index in [1.54, 1.807) is 0 Å². The predicted octanol–water partition coefficient (Wildman–Crippen LogP) is 2.18. The molecule has 0 heterocycles. The van der Waals surface area contributed by atoms with Gasteiger partial charge < -0.3 is 10.6 Å². The Balaban J connectivity index is 2.20. The molecule has 1 fully saturated rings. The summed E-state index contributed by atoms with van der Waals surface area (Å²) in [4.78, 5) is 11.4. The third kappa shape index (κ3) is 4.78. The van der Waals surface area contributed by atoms with Crippen LogP contribution >= 0.6 is 12.6 Å². The normalized spacial score (nSPS) is 26.4. The minimum Gasteiger partial charge on any atom is -0.336 e. The van der Waals surface area contributed by atoms with Crippen LogP contribution in [0.25, 0.3) is 0 Å². The zero-order valence-electron chi connectivity index (χ0n) is 9.62. The van der Waals surface area contributed by atoms with E-state index in [0.29, 0.717) is 6.04 Å². The van der Waals surface area contributed by atoms with Crippen LogP contribution in [0, 0.1) is 5.92 Å². The summed E-state index contributed by atoms with van der Waals surface area (Å²) in [5.41, 5.74) is 0. The molecule has 0 radical (unpaired) electrons. The summed E-state index contributed by atoms with van der Waals surface area (Å²) in [5, 5.41) is 5.87. The van der Waals surface area contributed by atoms with E-state index in [-0.39, 0.29) is 12.1 Å². The van der Waals surface area contributed by atoms with Crippen LogP contribution in [0.15, 0.2) is 0 Å². The lowest BCUT2D eigenvalue weighted by atomic mass is 9.87. The molecule has 0 aromatic carbocycles. The molecule has 2 amide bonds. The standard InChI is InChI=1S/C11H22N2OS/c1-8(2)12-11(14)13-10-5-3-9(7-15)4-6-10/h8-10,15H,3-7H2,1-2H3,(H2,12,13,14)/t9-,10+. The molecule has 88 valence electrons. The van der Waals surface area contributed by atoms with E-state index in [1.165, 1.54) is 12.8 Å². The van der Waals surface area contributed by atoms with Crippen LogP contribution in [0.1, 0.15) is 39.5 Å². The molecule has 0 bridgehead atoms. The van der Waals surface area contributed by atoms with E-state index in [9.17, 15) is 4.79 Å². The predicted molar refractivity (Wildman–Crippen MR) is 66.4 cm³/mol. The average molecular weight is 230 g/mol. The molecule has 2 N–H and O–H groups in total. The van der Waals surface area contributed by atoms with Crippen LogP contribution in [0.3, 0.4) is 0 Å². The molecule has 0 saturated heterocycles. The largest absolute Gasteiger partial charge is 0.336 e. The van der Waals surface area contributed by atoms with E-state index >= 15 is 0 Å². The van der Waals surface area contributed by atoms with Crippen molar-refractivity contribution >= 4 is 18.7 Å². The Bertz CT molecular complexity index is 201. The van der Waals surface area contributed by atoms with Crippen molar-refractivity contribution in [2.75, 3.05) is 5.75 Å². The van der Waals surface area contributed by atoms with Gasteiger partial charge in [0.1, 0.15) is 0 Å². The third-order valence-electron chi connectivity index (χ3n) is 2.86. The van der Waals surface area contributed by atoms with Crippen molar-refractivity contribution in [3.63, 3.8) is 0 Å². The summed E-state index contributed by atoms with van der Waals surface area (Å²) in [7, 11) is 0. The van der Waals surface area contributed by atoms with Gasteiger partial charge in [0.25, 0.3) is 0 Å². The summed E-state index contributed by atoms with van der Waals surface area (Å²) >= 11 is 4.31. The van der Waals surface area contributed by atoms with Crippen molar-refractivity contribution in [3.05, 3.63) is 0 Å². The number of nitrogens with one attached hydrogen (secondary N) is 2. The third-order valence-corrected chi connectivity index (χ3v) is 3.38. The first-order chi connectivity index (χ1) is 7.11. The zero-order valence-corrected chi connectivity index (χ0v) is 10.5. The van der Waals surface area contributed by atoms with Crippen molar-refractivity contribution in [1.82, 2.24) is 10.6 Å². The first-order valence-electron chi connectivity index (χ1n) is 5.79. The second-order valence-corrected chi connectivity index (χ2v) is 5.04. The summed E-state index contributed by atoms with van der Waals surface area (Å²) in [6.45, 7) is 3.94. The van der Waals surface area contributed by atoms with Gasteiger partial charge in [0.05, 0.1) is 0 Å². The SMILES string of the molecule is CC(C)NC(=O)N[C@H]1CC[C@@H](CS)CC1. The van der Waals surface area contributed by atoms with Crippen molar-refractivity contribution in [1.29, 1.82) is 0 Å². The summed E-state index contributed by atoms with van der Waals surface area (Å²) < 4.78 is 0. The Hall–Kier alpha value is -0.380. The lowest BCUT2D eigenvalue weighted by Gasteiger charge is -2.28. The quantitative estimate of drug-likeness (QED) is 0.639. The average Bonchev–Trinajstić information content (AvgIpc) is 2.17. The van der Waals surface area contributed by atoms with Gasteiger partial charge in [0.2, 0.25) is 0 Å². The van der Waals surface area contributed by atoms with Gasteiger partial charge >= 0.3 is 6.03 Å². The molecule has 3 nitrogen and oxygen atoms in total. The van der Waals surface area contributed by atoms with Crippen LogP contribution in [0.4, 0.5) is 4.79 Å². The Labute approximate surface area is 97.8 Å². The zero-order chi connectivity index (χ0) is 11.3. The number of urea groups is 1. The summed E-state index contributed by atoms with van der Waals surface area (Å²) in [6.07, 6.45) is 4.57. The molecular formula is C11H22N2OS. The topological polar surface area (TPSA) is 41.1 Å². The Morgan fingerprint density at radius 1 is 1.33 bits per heavy atom. The highest BCUT2D eigenvalue weighted by Gasteiger charge is 2.21. The molecule has 0 aromatic heterocycles. The molecule has 1 saturated carbocycles. The summed E-state index contributed by atoms with van der Waals surface area (Å²) in [6, 6.07) is 0.540. The Morgan fingerprint density at radius 2 is 1.93 bits per heavy atom. The number of hydrogen-bond donors (Lipinski definition) is 3. The first-order valence-corrected chi connectivity index (χ1v) is 6.43. The highest BCUT2D eigenvalue weighted by molar-refractivity contribution is 7.80. The van der Waals surface area contributed by atoms with Gasteiger partial charge in [0, 0.05) is 12.1 Å². The molecule has 15 heavy (non-hydrogen) atoms. The minimum absolute atomic E-state index is 0.0284. The summed E-state index contributed by atoms with van der Waals surface area (Å²) in [5.74, 6) is 1.73. The molecule has 0 atom stereocenters. The van der Waals surface area contributed by atoms with E-state index in [4.69, 9.17) is 0 Å². The van der Waals surface area contributed by atoms with Gasteiger partial charge in [-0.3, -0.25) is 0 Å². The van der Waals surface area contributed by atoms with Crippen molar-refractivity contribution < 1.29 is 4.79 Å². The van der Waals surface area contributed by atoms with Gasteiger partial charge in [-0.25, -0.2) is 4.79 Å². The highest BCUT2D eigenvalue weighted by Crippen LogP contribution is 2.24. The fourth-order valence-electron chi connectivity index (χ4n) is 1.98. The molecule has 4 heteroatoms. The maximum absolute atomic E-state index is 11.4. The molecule has 0 aromatic rings. The van der Waals surface area contributed by atoms with Crippen molar-refractivity contribution in [2.45, 2.75) is 51.6 Å². The Morgan fingerprint density at radius 3 is 2.40 bits per heavy atom.